The first-order valence-electron chi connectivity index (χ1n) is 11.6. The number of aromatic nitrogens is 4. The lowest BCUT2D eigenvalue weighted by atomic mass is 10.1. The Morgan fingerprint density at radius 2 is 1.94 bits per heavy atom. The fraction of sp³-hybridized carbons (Fsp3) is 0.320. The van der Waals surface area contributed by atoms with Crippen LogP contribution in [0, 0.1) is 6.92 Å². The van der Waals surface area contributed by atoms with Crippen molar-refractivity contribution in [2.24, 2.45) is 0 Å². The standard InChI is InChI=1S/C25H26N6O3S/c1-17-13-14-20(34-17)24-27-29-30(28-24)16-22(32)31(19-10-3-2-4-11-19)23(21-12-7-15-35-21)25(33)26-18-8-5-6-9-18/h2-4,7,10-15,18,23H,5-6,8-9,16H2,1H3,(H,26,33)/t23-/m1/s1. The Hall–Kier alpha value is -3.79. The second kappa shape index (κ2) is 10.2. The van der Waals surface area contributed by atoms with Gasteiger partial charge in [-0.3, -0.25) is 14.5 Å². The molecule has 5 rings (SSSR count). The van der Waals surface area contributed by atoms with Crippen molar-refractivity contribution in [3.8, 4) is 11.6 Å². The fourth-order valence-corrected chi connectivity index (χ4v) is 5.17. The van der Waals surface area contributed by atoms with Crippen LogP contribution in [-0.4, -0.2) is 38.1 Å². The average Bonchev–Trinajstić information content (AvgIpc) is 3.66. The summed E-state index contributed by atoms with van der Waals surface area (Å²) in [5.41, 5.74) is 0.625. The number of thiophene rings is 1. The molecule has 10 heteroatoms. The smallest absolute Gasteiger partial charge is 0.251 e. The number of amides is 2. The molecule has 2 amide bonds. The summed E-state index contributed by atoms with van der Waals surface area (Å²) in [6.07, 6.45) is 4.12. The van der Waals surface area contributed by atoms with Gasteiger partial charge in [0.2, 0.25) is 11.7 Å². The van der Waals surface area contributed by atoms with E-state index < -0.39 is 6.04 Å². The van der Waals surface area contributed by atoms with Gasteiger partial charge in [-0.25, -0.2) is 0 Å². The molecule has 1 aromatic carbocycles. The van der Waals surface area contributed by atoms with Gasteiger partial charge in [0.25, 0.3) is 5.91 Å². The Labute approximate surface area is 206 Å². The van der Waals surface area contributed by atoms with Crippen LogP contribution in [0.2, 0.25) is 0 Å². The van der Waals surface area contributed by atoms with Crippen LogP contribution in [0.4, 0.5) is 5.69 Å². The quantitative estimate of drug-likeness (QED) is 0.398. The third-order valence-electron chi connectivity index (χ3n) is 6.01. The van der Waals surface area contributed by atoms with Gasteiger partial charge in [-0.15, -0.1) is 21.5 Å². The highest BCUT2D eigenvalue weighted by Crippen LogP contribution is 2.32. The number of rotatable bonds is 8. The first-order chi connectivity index (χ1) is 17.1. The molecule has 3 heterocycles. The normalized spacial score (nSPS) is 14.7. The zero-order valence-corrected chi connectivity index (χ0v) is 20.1. The molecule has 0 spiro atoms. The van der Waals surface area contributed by atoms with E-state index in [1.807, 2.05) is 60.8 Å². The minimum Gasteiger partial charge on any atom is -0.458 e. The average molecular weight is 491 g/mol. The molecule has 4 aromatic rings. The molecule has 0 bridgehead atoms. The van der Waals surface area contributed by atoms with E-state index in [0.29, 0.717) is 17.3 Å². The number of hydrogen-bond acceptors (Lipinski definition) is 7. The lowest BCUT2D eigenvalue weighted by molar-refractivity contribution is -0.127. The molecule has 1 atom stereocenters. The number of nitrogens with zero attached hydrogens (tertiary/aromatic N) is 5. The minimum atomic E-state index is -0.804. The van der Waals surface area contributed by atoms with Gasteiger partial charge in [0.15, 0.2) is 5.76 Å². The fourth-order valence-electron chi connectivity index (χ4n) is 4.36. The molecule has 1 aliphatic carbocycles. The third-order valence-corrected chi connectivity index (χ3v) is 6.94. The SMILES string of the molecule is Cc1ccc(-c2nnn(CC(=O)N(c3ccccc3)[C@@H](C(=O)NC3CCCC3)c3cccs3)n2)o1. The molecule has 35 heavy (non-hydrogen) atoms. The van der Waals surface area contributed by atoms with E-state index in [9.17, 15) is 9.59 Å². The molecule has 0 saturated heterocycles. The first-order valence-corrected chi connectivity index (χ1v) is 12.5. The number of furan rings is 1. The Morgan fingerprint density at radius 3 is 2.63 bits per heavy atom. The van der Waals surface area contributed by atoms with Gasteiger partial charge < -0.3 is 9.73 Å². The highest BCUT2D eigenvalue weighted by Gasteiger charge is 2.35. The number of carbonyl (C=O) groups is 2. The number of hydrogen-bond donors (Lipinski definition) is 1. The number of para-hydroxylation sites is 1. The Kier molecular flexibility index (Phi) is 6.71. The zero-order valence-electron chi connectivity index (χ0n) is 19.3. The molecule has 0 aliphatic heterocycles. The van der Waals surface area contributed by atoms with Crippen LogP contribution < -0.4 is 10.2 Å². The number of nitrogens with one attached hydrogen (secondary N) is 1. The molecule has 0 unspecified atom stereocenters. The van der Waals surface area contributed by atoms with Crippen LogP contribution >= 0.6 is 11.3 Å². The Balaban J connectivity index is 1.45. The van der Waals surface area contributed by atoms with E-state index in [0.717, 1.165) is 36.3 Å². The molecule has 1 N–H and O–H groups in total. The molecule has 9 nitrogen and oxygen atoms in total. The number of benzene rings is 1. The van der Waals surface area contributed by atoms with Crippen molar-refractivity contribution in [1.29, 1.82) is 0 Å². The summed E-state index contributed by atoms with van der Waals surface area (Å²) in [4.78, 5) is 30.9. The predicted octanol–water partition coefficient (Wildman–Crippen LogP) is 4.14. The highest BCUT2D eigenvalue weighted by atomic mass is 32.1. The number of anilines is 1. The molecule has 0 radical (unpaired) electrons. The number of aryl methyl sites for hydroxylation is 1. The van der Waals surface area contributed by atoms with Crippen molar-refractivity contribution in [1.82, 2.24) is 25.5 Å². The second-order valence-electron chi connectivity index (χ2n) is 8.56. The summed E-state index contributed by atoms with van der Waals surface area (Å²) >= 11 is 1.45. The van der Waals surface area contributed by atoms with Crippen molar-refractivity contribution < 1.29 is 14.0 Å². The summed E-state index contributed by atoms with van der Waals surface area (Å²) in [6.45, 7) is 1.65. The Morgan fingerprint density at radius 1 is 1.14 bits per heavy atom. The van der Waals surface area contributed by atoms with Gasteiger partial charge in [-0.1, -0.05) is 37.1 Å². The lowest BCUT2D eigenvalue weighted by Gasteiger charge is -2.31. The molecule has 1 fully saturated rings. The molecule has 3 aromatic heterocycles. The summed E-state index contributed by atoms with van der Waals surface area (Å²) in [7, 11) is 0. The zero-order chi connectivity index (χ0) is 24.2. The maximum Gasteiger partial charge on any atom is 0.251 e. The van der Waals surface area contributed by atoms with E-state index in [4.69, 9.17) is 4.42 Å². The largest absolute Gasteiger partial charge is 0.458 e. The van der Waals surface area contributed by atoms with E-state index in [1.165, 1.54) is 21.0 Å². The van der Waals surface area contributed by atoms with Gasteiger partial charge in [-0.2, -0.15) is 4.80 Å². The van der Waals surface area contributed by atoms with Crippen LogP contribution in [0.5, 0.6) is 0 Å². The summed E-state index contributed by atoms with van der Waals surface area (Å²) in [6, 6.07) is 15.9. The lowest BCUT2D eigenvalue weighted by Crippen LogP contribution is -2.47. The van der Waals surface area contributed by atoms with Crippen LogP contribution in [0.15, 0.2) is 64.4 Å². The van der Waals surface area contributed by atoms with Crippen molar-refractivity contribution in [2.45, 2.75) is 51.2 Å². The van der Waals surface area contributed by atoms with Crippen LogP contribution in [0.3, 0.4) is 0 Å². The highest BCUT2D eigenvalue weighted by molar-refractivity contribution is 7.10. The first kappa shape index (κ1) is 23.0. The van der Waals surface area contributed by atoms with Gasteiger partial charge in [0.05, 0.1) is 0 Å². The van der Waals surface area contributed by atoms with Crippen LogP contribution in [0.1, 0.15) is 42.4 Å². The van der Waals surface area contributed by atoms with Crippen LogP contribution in [0.25, 0.3) is 11.6 Å². The maximum atomic E-state index is 13.7. The topological polar surface area (TPSA) is 106 Å². The van der Waals surface area contributed by atoms with Crippen molar-refractivity contribution in [3.05, 3.63) is 70.6 Å². The maximum absolute atomic E-state index is 13.7. The number of carbonyl (C=O) groups excluding carboxylic acids is 2. The van der Waals surface area contributed by atoms with Crippen molar-refractivity contribution in [3.63, 3.8) is 0 Å². The van der Waals surface area contributed by atoms with E-state index in [1.54, 1.807) is 6.07 Å². The summed E-state index contributed by atoms with van der Waals surface area (Å²) in [5.74, 6) is 1.000. The predicted molar refractivity (Wildman–Crippen MR) is 132 cm³/mol. The minimum absolute atomic E-state index is 0.133. The van der Waals surface area contributed by atoms with Crippen molar-refractivity contribution in [2.75, 3.05) is 4.90 Å². The summed E-state index contributed by atoms with van der Waals surface area (Å²) < 4.78 is 5.56. The van der Waals surface area contributed by atoms with Gasteiger partial charge in [0, 0.05) is 16.6 Å². The summed E-state index contributed by atoms with van der Waals surface area (Å²) in [5, 5.41) is 17.5. The molecule has 1 saturated carbocycles. The van der Waals surface area contributed by atoms with Gasteiger partial charge in [0.1, 0.15) is 18.3 Å². The van der Waals surface area contributed by atoms with E-state index in [2.05, 4.69) is 20.7 Å². The molecule has 1 aliphatic rings. The van der Waals surface area contributed by atoms with Crippen LogP contribution in [-0.2, 0) is 16.1 Å². The molecular formula is C25H26N6O3S. The monoisotopic (exact) mass is 490 g/mol. The van der Waals surface area contributed by atoms with E-state index in [-0.39, 0.29) is 24.4 Å². The third kappa shape index (κ3) is 5.17. The van der Waals surface area contributed by atoms with Gasteiger partial charge >= 0.3 is 0 Å². The number of tetrazole rings is 1. The van der Waals surface area contributed by atoms with Gasteiger partial charge in [-0.05, 0) is 60.7 Å². The molecular weight excluding hydrogens is 464 g/mol. The second-order valence-corrected chi connectivity index (χ2v) is 9.54. The van der Waals surface area contributed by atoms with Crippen molar-refractivity contribution >= 4 is 28.8 Å². The molecule has 180 valence electrons. The Bertz CT molecular complexity index is 1280. The van der Waals surface area contributed by atoms with E-state index >= 15 is 0 Å².